The molecule has 0 spiro atoms. The van der Waals surface area contributed by atoms with Gasteiger partial charge in [-0.3, -0.25) is 0 Å². The Hall–Kier alpha value is 0.229. The number of thiocyanates is 1. The fourth-order valence-corrected chi connectivity index (χ4v) is 0. The van der Waals surface area contributed by atoms with Gasteiger partial charge in [0.15, 0.2) is 0 Å². The zero-order chi connectivity index (χ0) is 2.71. The van der Waals surface area contributed by atoms with Crippen LogP contribution >= 0.6 is 0 Å². The SMILES string of the molecule is N#C[S-].[Fe+3]. The summed E-state index contributed by atoms with van der Waals surface area (Å²) < 4.78 is 0. The molecule has 1 radical (unpaired) electrons. The van der Waals surface area contributed by atoms with E-state index in [-0.39, 0.29) is 17.1 Å². The summed E-state index contributed by atoms with van der Waals surface area (Å²) in [5.41, 5.74) is 0. The third kappa shape index (κ3) is 64.0. The molecule has 0 aliphatic heterocycles. The molecule has 1 nitrogen and oxygen atoms in total. The van der Waals surface area contributed by atoms with Gasteiger partial charge >= 0.3 is 17.1 Å². The van der Waals surface area contributed by atoms with Crippen LogP contribution in [0.4, 0.5) is 0 Å². The van der Waals surface area contributed by atoms with E-state index >= 15 is 0 Å². The molecule has 0 aromatic heterocycles. The van der Waals surface area contributed by atoms with E-state index in [0.29, 0.717) is 0 Å². The minimum absolute atomic E-state index is 0. The van der Waals surface area contributed by atoms with Gasteiger partial charge in [0.25, 0.3) is 0 Å². The van der Waals surface area contributed by atoms with Crippen molar-refractivity contribution in [3.8, 4) is 5.40 Å². The quantitative estimate of drug-likeness (QED) is 0.251. The molecule has 0 N–H and O–H groups in total. The van der Waals surface area contributed by atoms with Crippen LogP contribution in [0, 0.1) is 10.7 Å². The van der Waals surface area contributed by atoms with Crippen LogP contribution in [0.1, 0.15) is 0 Å². The predicted molar refractivity (Wildman–Crippen MR) is 13.0 cm³/mol. The summed E-state index contributed by atoms with van der Waals surface area (Å²) in [4.78, 5) is 0. The van der Waals surface area contributed by atoms with E-state index in [0.717, 1.165) is 0 Å². The van der Waals surface area contributed by atoms with E-state index in [1.807, 2.05) is 0 Å². The van der Waals surface area contributed by atoms with Gasteiger partial charge in [0.1, 0.15) is 0 Å². The van der Waals surface area contributed by atoms with E-state index < -0.39 is 0 Å². The molecule has 0 heterocycles. The van der Waals surface area contributed by atoms with Crippen LogP contribution < -0.4 is 0 Å². The zero-order valence-corrected chi connectivity index (χ0v) is 3.63. The van der Waals surface area contributed by atoms with Crippen molar-refractivity contribution in [2.45, 2.75) is 0 Å². The monoisotopic (exact) mass is 114 g/mol. The molecule has 0 aliphatic carbocycles. The van der Waals surface area contributed by atoms with E-state index in [4.69, 9.17) is 5.26 Å². The second kappa shape index (κ2) is 10.6. The van der Waals surface area contributed by atoms with Crippen LogP contribution in [0.25, 0.3) is 0 Å². The average molecular weight is 114 g/mol. The van der Waals surface area contributed by atoms with Crippen LogP contribution in [-0.2, 0) is 29.7 Å². The minimum atomic E-state index is 0. The van der Waals surface area contributed by atoms with Crippen LogP contribution in [0.2, 0.25) is 0 Å². The molecule has 0 saturated heterocycles. The Kier molecular flexibility index (Phi) is 23.6. The fourth-order valence-electron chi connectivity index (χ4n) is 0. The summed E-state index contributed by atoms with van der Waals surface area (Å²) in [5.74, 6) is 0. The van der Waals surface area contributed by atoms with Crippen molar-refractivity contribution < 1.29 is 17.1 Å². The first-order valence-corrected chi connectivity index (χ1v) is 0.836. The Labute approximate surface area is 40.9 Å². The van der Waals surface area contributed by atoms with E-state index in [1.54, 1.807) is 0 Å². The van der Waals surface area contributed by atoms with Crippen LogP contribution in [0.5, 0.6) is 0 Å². The van der Waals surface area contributed by atoms with Gasteiger partial charge in [-0.1, -0.05) is 5.40 Å². The average Bonchev–Trinajstić information content (AvgIpc) is 0.918. The molecule has 0 fully saturated rings. The van der Waals surface area contributed by atoms with Crippen LogP contribution in [-0.4, -0.2) is 0 Å². The molecule has 0 bridgehead atoms. The Morgan fingerprint density at radius 2 is 1.75 bits per heavy atom. The smallest absolute Gasteiger partial charge is 0.696 e. The summed E-state index contributed by atoms with van der Waals surface area (Å²) in [6, 6.07) is 0. The van der Waals surface area contributed by atoms with E-state index in [2.05, 4.69) is 12.6 Å². The standard InChI is InChI=1S/CHNS.Fe/c2-1-3;/h3H;/q;+3/p-1. The second-order valence-electron chi connectivity index (χ2n) is 0.0913. The first-order chi connectivity index (χ1) is 1.41. The molecule has 0 aromatic rings. The Bertz CT molecular complexity index is 29.5. The summed E-state index contributed by atoms with van der Waals surface area (Å²) in [7, 11) is 0. The zero-order valence-electron chi connectivity index (χ0n) is 1.71. The van der Waals surface area contributed by atoms with Crippen molar-refractivity contribution in [3.05, 3.63) is 0 Å². The molecule has 0 rings (SSSR count). The number of nitrogens with zero attached hydrogens (tertiary/aromatic N) is 1. The van der Waals surface area contributed by atoms with Gasteiger partial charge in [-0.05, 0) is 0 Å². The largest absolute Gasteiger partial charge is 3.00 e. The minimum Gasteiger partial charge on any atom is -0.696 e. The molecular formula is CFeNS+2. The third-order valence-electron chi connectivity index (χ3n) is 0. The molecule has 0 aliphatic rings. The van der Waals surface area contributed by atoms with Gasteiger partial charge in [-0.2, -0.15) is 0 Å². The number of rotatable bonds is 0. The molecule has 4 heavy (non-hydrogen) atoms. The molecule has 0 unspecified atom stereocenters. The van der Waals surface area contributed by atoms with Gasteiger partial charge in [0.05, 0.1) is 0 Å². The first kappa shape index (κ1) is 8.87. The Morgan fingerprint density at radius 1 is 1.75 bits per heavy atom. The molecule has 3 heteroatoms. The summed E-state index contributed by atoms with van der Waals surface area (Å²) in [6.45, 7) is 0. The summed E-state index contributed by atoms with van der Waals surface area (Å²) >= 11 is 3.70. The summed E-state index contributed by atoms with van der Waals surface area (Å²) in [5, 5.41) is 8.47. The molecular weight excluding hydrogens is 114 g/mol. The number of nitriles is 1. The van der Waals surface area contributed by atoms with Crippen LogP contribution in [0.15, 0.2) is 0 Å². The molecule has 0 amide bonds. The van der Waals surface area contributed by atoms with Crippen molar-refractivity contribution in [3.63, 3.8) is 0 Å². The maximum Gasteiger partial charge on any atom is 3.00 e. The maximum absolute atomic E-state index is 7.13. The van der Waals surface area contributed by atoms with Gasteiger partial charge in [-0.25, -0.2) is 5.26 Å². The van der Waals surface area contributed by atoms with Crippen molar-refractivity contribution in [1.82, 2.24) is 0 Å². The van der Waals surface area contributed by atoms with Gasteiger partial charge in [0.2, 0.25) is 0 Å². The molecule has 0 atom stereocenters. The third-order valence-corrected chi connectivity index (χ3v) is 0. The fraction of sp³-hybridized carbons (Fsp3) is 0. The van der Waals surface area contributed by atoms with E-state index in [9.17, 15) is 0 Å². The maximum atomic E-state index is 7.13. The Morgan fingerprint density at radius 3 is 1.75 bits per heavy atom. The van der Waals surface area contributed by atoms with Crippen molar-refractivity contribution in [2.75, 3.05) is 0 Å². The van der Waals surface area contributed by atoms with Crippen molar-refractivity contribution in [1.29, 1.82) is 5.26 Å². The topological polar surface area (TPSA) is 23.8 Å². The van der Waals surface area contributed by atoms with Crippen LogP contribution in [0.3, 0.4) is 0 Å². The summed E-state index contributed by atoms with van der Waals surface area (Å²) in [6.07, 6.45) is 0. The molecule has 0 aromatic carbocycles. The Balaban J connectivity index is 0. The number of hydrogen-bond donors (Lipinski definition) is 0. The second-order valence-corrected chi connectivity index (χ2v) is 0.274. The number of hydrogen-bond acceptors (Lipinski definition) is 2. The normalized spacial score (nSPS) is 1.75. The van der Waals surface area contributed by atoms with Gasteiger partial charge < -0.3 is 12.6 Å². The first-order valence-electron chi connectivity index (χ1n) is 0.428. The van der Waals surface area contributed by atoms with E-state index in [1.165, 1.54) is 5.40 Å². The van der Waals surface area contributed by atoms with Gasteiger partial charge in [-0.15, -0.1) is 0 Å². The predicted octanol–water partition coefficient (Wildman–Crippen LogP) is 0.0119. The van der Waals surface area contributed by atoms with Gasteiger partial charge in [0, 0.05) is 0 Å². The molecule has 21 valence electrons. The van der Waals surface area contributed by atoms with Crippen molar-refractivity contribution in [2.24, 2.45) is 0 Å². The van der Waals surface area contributed by atoms with Crippen molar-refractivity contribution >= 4 is 12.6 Å². The molecule has 0 saturated carbocycles.